The number of hydrogen-bond acceptors (Lipinski definition) is 5. The molecule has 0 atom stereocenters. The van der Waals surface area contributed by atoms with Gasteiger partial charge in [0, 0.05) is 32.2 Å². The van der Waals surface area contributed by atoms with Gasteiger partial charge in [0.1, 0.15) is 5.82 Å². The second-order valence-corrected chi connectivity index (χ2v) is 9.38. The minimum Gasteiger partial charge on any atom is -0.478 e. The van der Waals surface area contributed by atoms with Gasteiger partial charge in [-0.15, -0.1) is 4.99 Å². The minimum absolute atomic E-state index is 0.0610. The number of aliphatic hydroxyl groups excluding tert-OH is 1. The summed E-state index contributed by atoms with van der Waals surface area (Å²) < 4.78 is 2.20. The van der Waals surface area contributed by atoms with E-state index in [-0.39, 0.29) is 12.2 Å². The second kappa shape index (κ2) is 12.2. The van der Waals surface area contributed by atoms with Crippen molar-refractivity contribution in [3.05, 3.63) is 83.2 Å². The molecule has 1 aromatic heterocycles. The number of aryl methyl sites for hydroxylation is 2. The van der Waals surface area contributed by atoms with Crippen molar-refractivity contribution in [1.82, 2.24) is 14.5 Å². The third kappa shape index (κ3) is 6.08. The quantitative estimate of drug-likeness (QED) is 0.162. The van der Waals surface area contributed by atoms with Gasteiger partial charge in [-0.2, -0.15) is 5.26 Å². The Balaban J connectivity index is 1.71. The summed E-state index contributed by atoms with van der Waals surface area (Å²) in [4.78, 5) is 22.2. The van der Waals surface area contributed by atoms with Crippen LogP contribution in [-0.4, -0.2) is 56.8 Å². The van der Waals surface area contributed by atoms with Crippen LogP contribution in [0.5, 0.6) is 0 Å². The highest BCUT2D eigenvalue weighted by Gasteiger charge is 2.16. The van der Waals surface area contributed by atoms with E-state index in [1.54, 1.807) is 24.1 Å². The minimum atomic E-state index is -0.950. The second-order valence-electron chi connectivity index (χ2n) is 9.38. The summed E-state index contributed by atoms with van der Waals surface area (Å²) in [5, 5.41) is 31.3. The highest BCUT2D eigenvalue weighted by molar-refractivity contribution is 5.97. The Bertz CT molecular complexity index is 1550. The molecule has 200 valence electrons. The van der Waals surface area contributed by atoms with Crippen LogP contribution >= 0.6 is 0 Å². The molecule has 0 unspecified atom stereocenters. The number of guanidine groups is 1. The average molecular weight is 525 g/mol. The summed E-state index contributed by atoms with van der Waals surface area (Å²) in [6, 6.07) is 18.9. The third-order valence-electron chi connectivity index (χ3n) is 6.57. The summed E-state index contributed by atoms with van der Waals surface area (Å²) in [6.07, 6.45) is 3.59. The fraction of sp³-hybridized carbons (Fsp3) is 0.267. The van der Waals surface area contributed by atoms with Gasteiger partial charge in [0.15, 0.2) is 0 Å². The number of rotatable bonds is 9. The number of likely N-dealkylation sites (N-methyl/N-ethyl adjacent to an activating group) is 1. The van der Waals surface area contributed by atoms with Crippen LogP contribution in [0.1, 0.15) is 40.7 Å². The topological polar surface area (TPSA) is 127 Å². The van der Waals surface area contributed by atoms with Crippen LogP contribution in [0.3, 0.4) is 0 Å². The first kappa shape index (κ1) is 27.4. The summed E-state index contributed by atoms with van der Waals surface area (Å²) >= 11 is 0. The molecule has 0 fully saturated rings. The summed E-state index contributed by atoms with van der Waals surface area (Å²) in [6.45, 7) is 5.00. The van der Waals surface area contributed by atoms with E-state index in [1.807, 2.05) is 61.6 Å². The van der Waals surface area contributed by atoms with E-state index in [9.17, 15) is 15.0 Å². The van der Waals surface area contributed by atoms with E-state index < -0.39 is 5.97 Å². The molecule has 0 saturated carbocycles. The molecule has 0 aliphatic rings. The Morgan fingerprint density at radius 2 is 1.92 bits per heavy atom. The maximum atomic E-state index is 11.7. The van der Waals surface area contributed by atoms with Crippen LogP contribution < -0.4 is 5.32 Å². The molecule has 9 heteroatoms. The van der Waals surface area contributed by atoms with Gasteiger partial charge >= 0.3 is 5.97 Å². The molecular weight excluding hydrogens is 492 g/mol. The van der Waals surface area contributed by atoms with Gasteiger partial charge in [-0.3, -0.25) is 0 Å². The van der Waals surface area contributed by atoms with Gasteiger partial charge in [0.05, 0.1) is 23.2 Å². The number of nitriles is 1. The molecule has 3 aromatic carbocycles. The van der Waals surface area contributed by atoms with Crippen molar-refractivity contribution in [3.63, 3.8) is 0 Å². The van der Waals surface area contributed by atoms with E-state index in [0.717, 1.165) is 52.1 Å². The first-order valence-electron chi connectivity index (χ1n) is 12.8. The first-order valence-corrected chi connectivity index (χ1v) is 12.8. The Hall–Kier alpha value is -4.68. The van der Waals surface area contributed by atoms with E-state index in [1.165, 1.54) is 0 Å². The van der Waals surface area contributed by atoms with Gasteiger partial charge in [-0.05, 0) is 53.8 Å². The lowest BCUT2D eigenvalue weighted by molar-refractivity contribution is 0.0697. The number of benzene rings is 3. The van der Waals surface area contributed by atoms with Gasteiger partial charge in [-0.25, -0.2) is 9.78 Å². The predicted octanol–water partition coefficient (Wildman–Crippen LogP) is 4.88. The first-order chi connectivity index (χ1) is 18.9. The summed E-state index contributed by atoms with van der Waals surface area (Å²) in [5.74, 6) is 0.382. The fourth-order valence-corrected chi connectivity index (χ4v) is 4.64. The molecule has 4 aromatic rings. The lowest BCUT2D eigenvalue weighted by Crippen LogP contribution is -2.35. The number of nitrogens with one attached hydrogen (secondary N) is 1. The zero-order chi connectivity index (χ0) is 27.9. The SMILES string of the molecule is CCCc1nc2c(C)cc(N/C(=N\C#N)N(C)CCO)cc2n1Cc1ccc(-c2ccccc2C(=O)O)cc1. The number of imidazole rings is 1. The molecule has 0 radical (unpaired) electrons. The number of aromatic nitrogens is 2. The van der Waals surface area contributed by atoms with Crippen molar-refractivity contribution in [2.45, 2.75) is 33.2 Å². The van der Waals surface area contributed by atoms with Gasteiger partial charge in [-0.1, -0.05) is 49.4 Å². The maximum absolute atomic E-state index is 11.7. The van der Waals surface area contributed by atoms with Gasteiger partial charge < -0.3 is 25.0 Å². The zero-order valence-corrected chi connectivity index (χ0v) is 22.3. The van der Waals surface area contributed by atoms with Crippen molar-refractivity contribution in [2.75, 3.05) is 25.5 Å². The van der Waals surface area contributed by atoms with Crippen LogP contribution in [-0.2, 0) is 13.0 Å². The fourth-order valence-electron chi connectivity index (χ4n) is 4.64. The normalized spacial score (nSPS) is 11.4. The zero-order valence-electron chi connectivity index (χ0n) is 22.3. The molecule has 3 N–H and O–H groups in total. The number of carbonyl (C=O) groups is 1. The van der Waals surface area contributed by atoms with Crippen molar-refractivity contribution in [3.8, 4) is 17.3 Å². The number of carboxylic acid groups (broad SMARTS) is 1. The molecule has 0 aliphatic carbocycles. The van der Waals surface area contributed by atoms with Crippen molar-refractivity contribution in [1.29, 1.82) is 5.26 Å². The molecule has 0 spiro atoms. The smallest absolute Gasteiger partial charge is 0.336 e. The standard InChI is InChI=1S/C30H32N6O3/c1-4-7-27-34-28-20(2)16-23(33-30(32-19-31)35(3)14-15-37)17-26(28)36(27)18-21-10-12-22(13-11-21)24-8-5-6-9-25(24)29(38)39/h5-6,8-13,16-17,37H,4,7,14-15,18H2,1-3H3,(H,32,33)(H,38,39). The molecule has 0 bridgehead atoms. The van der Waals surface area contributed by atoms with Crippen LogP contribution in [0.4, 0.5) is 5.69 Å². The molecule has 39 heavy (non-hydrogen) atoms. The number of aromatic carboxylic acids is 1. The number of aliphatic imine (C=N–C) groups is 1. The molecule has 0 amide bonds. The monoisotopic (exact) mass is 524 g/mol. The van der Waals surface area contributed by atoms with E-state index in [0.29, 0.717) is 24.6 Å². The van der Waals surface area contributed by atoms with Crippen molar-refractivity contribution >= 4 is 28.6 Å². The van der Waals surface area contributed by atoms with Crippen molar-refractivity contribution in [2.24, 2.45) is 4.99 Å². The molecule has 4 rings (SSSR count). The number of carboxylic acids is 1. The van der Waals surface area contributed by atoms with Crippen LogP contribution in [0.15, 0.2) is 65.7 Å². The Kier molecular flexibility index (Phi) is 8.59. The van der Waals surface area contributed by atoms with Gasteiger partial charge in [0.2, 0.25) is 12.2 Å². The van der Waals surface area contributed by atoms with Crippen LogP contribution in [0.25, 0.3) is 22.2 Å². The van der Waals surface area contributed by atoms with Gasteiger partial charge in [0.25, 0.3) is 0 Å². The maximum Gasteiger partial charge on any atom is 0.336 e. The van der Waals surface area contributed by atoms with E-state index >= 15 is 0 Å². The Morgan fingerprint density at radius 1 is 1.18 bits per heavy atom. The molecule has 9 nitrogen and oxygen atoms in total. The number of nitrogens with zero attached hydrogens (tertiary/aromatic N) is 5. The molecule has 0 aliphatic heterocycles. The Morgan fingerprint density at radius 3 is 2.59 bits per heavy atom. The summed E-state index contributed by atoms with van der Waals surface area (Å²) in [7, 11) is 1.76. The Labute approximate surface area is 227 Å². The molecule has 1 heterocycles. The number of fused-ring (bicyclic) bond motifs is 1. The lowest BCUT2D eigenvalue weighted by Gasteiger charge is -2.20. The number of hydrogen-bond donors (Lipinski definition) is 3. The number of aliphatic hydroxyl groups is 1. The molecular formula is C30H32N6O3. The van der Waals surface area contributed by atoms with Crippen LogP contribution in [0, 0.1) is 18.4 Å². The van der Waals surface area contributed by atoms with Crippen LogP contribution in [0.2, 0.25) is 0 Å². The highest BCUT2D eigenvalue weighted by Crippen LogP contribution is 2.28. The molecule has 0 saturated heterocycles. The van der Waals surface area contributed by atoms with E-state index in [4.69, 9.17) is 10.2 Å². The number of anilines is 1. The highest BCUT2D eigenvalue weighted by atomic mass is 16.4. The largest absolute Gasteiger partial charge is 0.478 e. The lowest BCUT2D eigenvalue weighted by atomic mass is 9.99. The summed E-state index contributed by atoms with van der Waals surface area (Å²) in [5.41, 5.74) is 6.50. The predicted molar refractivity (Wildman–Crippen MR) is 153 cm³/mol. The van der Waals surface area contributed by atoms with E-state index in [2.05, 4.69) is 21.8 Å². The average Bonchev–Trinajstić information content (AvgIpc) is 3.26. The third-order valence-corrected chi connectivity index (χ3v) is 6.57. The van der Waals surface area contributed by atoms with Crippen molar-refractivity contribution < 1.29 is 15.0 Å².